The largest absolute Gasteiger partial charge is 0.322 e. The van der Waals surface area contributed by atoms with E-state index in [1.54, 1.807) is 60.7 Å². The second kappa shape index (κ2) is 11.8. The molecule has 8 nitrogen and oxygen atoms in total. The highest BCUT2D eigenvalue weighted by Crippen LogP contribution is 2.27. The van der Waals surface area contributed by atoms with E-state index < -0.39 is 26.0 Å². The lowest BCUT2D eigenvalue weighted by Gasteiger charge is -2.22. The predicted molar refractivity (Wildman–Crippen MR) is 168 cm³/mol. The van der Waals surface area contributed by atoms with Gasteiger partial charge in [-0.3, -0.25) is 13.8 Å². The molecule has 0 aliphatic rings. The SMILES string of the molecule is CS(=O)(=O)N(Cc1ccc(C(=O)Nc2ccc(S(=O)(=O)Nc3cccc4ccccc34)cc2)cc1)c1cccc(Cl)c1. The van der Waals surface area contributed by atoms with Gasteiger partial charge >= 0.3 is 0 Å². The smallest absolute Gasteiger partial charge is 0.261 e. The van der Waals surface area contributed by atoms with Crippen LogP contribution in [-0.2, 0) is 26.6 Å². The predicted octanol–water partition coefficient (Wildman–Crippen LogP) is 6.51. The van der Waals surface area contributed by atoms with Crippen LogP contribution in [0, 0.1) is 0 Å². The molecule has 2 N–H and O–H groups in total. The third-order valence-corrected chi connectivity index (χ3v) is 9.25. The number of halogens is 1. The van der Waals surface area contributed by atoms with Crippen LogP contribution < -0.4 is 14.3 Å². The highest BCUT2D eigenvalue weighted by atomic mass is 35.5. The summed E-state index contributed by atoms with van der Waals surface area (Å²) >= 11 is 6.05. The molecule has 5 rings (SSSR count). The van der Waals surface area contributed by atoms with Gasteiger partial charge in [0.2, 0.25) is 10.0 Å². The third-order valence-electron chi connectivity index (χ3n) is 6.50. The number of hydrogen-bond acceptors (Lipinski definition) is 5. The molecule has 214 valence electrons. The van der Waals surface area contributed by atoms with Crippen LogP contribution in [0.3, 0.4) is 0 Å². The maximum atomic E-state index is 13.0. The zero-order chi connectivity index (χ0) is 29.9. The Morgan fingerprint density at radius 2 is 1.45 bits per heavy atom. The molecule has 0 radical (unpaired) electrons. The summed E-state index contributed by atoms with van der Waals surface area (Å²) in [6.07, 6.45) is 1.12. The van der Waals surface area contributed by atoms with Crippen molar-refractivity contribution in [3.63, 3.8) is 0 Å². The van der Waals surface area contributed by atoms with E-state index in [4.69, 9.17) is 11.6 Å². The van der Waals surface area contributed by atoms with Crippen LogP contribution in [0.2, 0.25) is 5.02 Å². The fourth-order valence-corrected chi connectivity index (χ4v) is 6.54. The molecule has 0 aliphatic carbocycles. The van der Waals surface area contributed by atoms with Gasteiger partial charge in [-0.1, -0.05) is 66.2 Å². The Morgan fingerprint density at radius 3 is 2.14 bits per heavy atom. The van der Waals surface area contributed by atoms with E-state index >= 15 is 0 Å². The molecule has 0 atom stereocenters. The summed E-state index contributed by atoms with van der Waals surface area (Å²) in [5.74, 6) is -0.402. The summed E-state index contributed by atoms with van der Waals surface area (Å²) in [5.41, 5.74) is 2.34. The molecule has 0 fully saturated rings. The molecule has 0 unspecified atom stereocenters. The van der Waals surface area contributed by atoms with Crippen molar-refractivity contribution >= 4 is 65.4 Å². The van der Waals surface area contributed by atoms with Crippen LogP contribution in [0.5, 0.6) is 0 Å². The van der Waals surface area contributed by atoms with Crippen molar-refractivity contribution in [3.05, 3.63) is 131 Å². The van der Waals surface area contributed by atoms with E-state index in [0.717, 1.165) is 17.0 Å². The molecule has 0 bridgehead atoms. The van der Waals surface area contributed by atoms with Gasteiger partial charge in [-0.15, -0.1) is 0 Å². The number of sulfonamides is 2. The van der Waals surface area contributed by atoms with Gasteiger partial charge in [-0.25, -0.2) is 16.8 Å². The van der Waals surface area contributed by atoms with Gasteiger partial charge in [-0.05, 0) is 71.6 Å². The molecule has 11 heteroatoms. The number of fused-ring (bicyclic) bond motifs is 1. The van der Waals surface area contributed by atoms with Crippen LogP contribution in [0.4, 0.5) is 17.1 Å². The minimum atomic E-state index is -3.87. The van der Waals surface area contributed by atoms with Gasteiger partial charge in [0.25, 0.3) is 15.9 Å². The summed E-state index contributed by atoms with van der Waals surface area (Å²) in [5, 5.41) is 4.87. The monoisotopic (exact) mass is 619 g/mol. The summed E-state index contributed by atoms with van der Waals surface area (Å²) in [6.45, 7) is 0.0593. The number of hydrogen-bond donors (Lipinski definition) is 2. The molecular formula is C31H26ClN3O5S2. The highest BCUT2D eigenvalue weighted by Gasteiger charge is 2.19. The zero-order valence-electron chi connectivity index (χ0n) is 22.4. The van der Waals surface area contributed by atoms with Gasteiger partial charge in [0.15, 0.2) is 0 Å². The Hall–Kier alpha value is -4.38. The van der Waals surface area contributed by atoms with Gasteiger partial charge < -0.3 is 5.32 Å². The maximum Gasteiger partial charge on any atom is 0.261 e. The highest BCUT2D eigenvalue weighted by molar-refractivity contribution is 7.92. The van der Waals surface area contributed by atoms with Gasteiger partial charge in [-0.2, -0.15) is 0 Å². The number of rotatable bonds is 9. The second-order valence-corrected chi connectivity index (χ2v) is 13.6. The number of carbonyl (C=O) groups is 1. The molecule has 0 spiro atoms. The standard InChI is InChI=1S/C31H26ClN3O5S2/c1-41(37,38)35(27-9-5-8-25(32)20-27)21-22-12-14-24(15-13-22)31(36)33-26-16-18-28(19-17-26)42(39,40)34-30-11-4-7-23-6-2-3-10-29(23)30/h2-20,34H,21H2,1H3,(H,33,36). The van der Waals surface area contributed by atoms with E-state index in [-0.39, 0.29) is 11.4 Å². The first-order valence-corrected chi connectivity index (χ1v) is 16.4. The summed E-state index contributed by atoms with van der Waals surface area (Å²) in [6, 6.07) is 31.8. The average molecular weight is 620 g/mol. The third kappa shape index (κ3) is 6.73. The number of carbonyl (C=O) groups excluding carboxylic acids is 1. The van der Waals surface area contributed by atoms with Crippen molar-refractivity contribution in [2.24, 2.45) is 0 Å². The van der Waals surface area contributed by atoms with Crippen LogP contribution >= 0.6 is 11.6 Å². The number of amides is 1. The summed E-state index contributed by atoms with van der Waals surface area (Å²) in [7, 11) is -7.46. The quantitative estimate of drug-likeness (QED) is 0.195. The number of benzene rings is 5. The fraction of sp³-hybridized carbons (Fsp3) is 0.0645. The molecule has 0 aromatic heterocycles. The van der Waals surface area contributed by atoms with Crippen LogP contribution in [0.1, 0.15) is 15.9 Å². The minimum absolute atomic E-state index is 0.0490. The molecule has 0 aliphatic heterocycles. The normalized spacial score (nSPS) is 11.7. The lowest BCUT2D eigenvalue weighted by atomic mass is 10.1. The summed E-state index contributed by atoms with van der Waals surface area (Å²) in [4.78, 5) is 12.9. The molecule has 0 heterocycles. The molecule has 5 aromatic rings. The average Bonchev–Trinajstić information content (AvgIpc) is 2.96. The van der Waals surface area contributed by atoms with Crippen molar-refractivity contribution in [1.29, 1.82) is 0 Å². The second-order valence-electron chi connectivity index (χ2n) is 9.56. The Bertz CT molecular complexity index is 1970. The van der Waals surface area contributed by atoms with Crippen LogP contribution in [0.15, 0.2) is 120 Å². The molecule has 5 aromatic carbocycles. The van der Waals surface area contributed by atoms with Gasteiger partial charge in [0.1, 0.15) is 0 Å². The Balaban J connectivity index is 1.26. The van der Waals surface area contributed by atoms with E-state index in [0.29, 0.717) is 33.2 Å². The zero-order valence-corrected chi connectivity index (χ0v) is 24.7. The summed E-state index contributed by atoms with van der Waals surface area (Å²) < 4.78 is 54.8. The van der Waals surface area contributed by atoms with E-state index in [1.165, 1.54) is 28.6 Å². The Morgan fingerprint density at radius 1 is 0.786 bits per heavy atom. The first kappa shape index (κ1) is 29.1. The topological polar surface area (TPSA) is 113 Å². The van der Waals surface area contributed by atoms with E-state index in [2.05, 4.69) is 10.0 Å². The van der Waals surface area contributed by atoms with E-state index in [9.17, 15) is 21.6 Å². The molecule has 0 saturated heterocycles. The maximum absolute atomic E-state index is 13.0. The molecule has 0 saturated carbocycles. The Labute approximate surface area is 249 Å². The lowest BCUT2D eigenvalue weighted by Crippen LogP contribution is -2.29. The van der Waals surface area contributed by atoms with Crippen molar-refractivity contribution in [2.75, 3.05) is 20.6 Å². The van der Waals surface area contributed by atoms with Crippen molar-refractivity contribution in [1.82, 2.24) is 0 Å². The van der Waals surface area contributed by atoms with Crippen LogP contribution in [-0.4, -0.2) is 29.0 Å². The number of anilines is 3. The van der Waals surface area contributed by atoms with E-state index in [1.807, 2.05) is 30.3 Å². The molecular weight excluding hydrogens is 594 g/mol. The van der Waals surface area contributed by atoms with Crippen molar-refractivity contribution < 1.29 is 21.6 Å². The fourth-order valence-electron chi connectivity index (χ4n) is 4.40. The van der Waals surface area contributed by atoms with Gasteiger partial charge in [0, 0.05) is 21.7 Å². The minimum Gasteiger partial charge on any atom is -0.322 e. The number of nitrogens with one attached hydrogen (secondary N) is 2. The van der Waals surface area contributed by atoms with Crippen molar-refractivity contribution in [2.45, 2.75) is 11.4 Å². The van der Waals surface area contributed by atoms with Gasteiger partial charge in [0.05, 0.1) is 29.1 Å². The molecule has 1 amide bonds. The lowest BCUT2D eigenvalue weighted by molar-refractivity contribution is 0.102. The first-order chi connectivity index (χ1) is 20.0. The van der Waals surface area contributed by atoms with Crippen LogP contribution in [0.25, 0.3) is 10.8 Å². The number of nitrogens with zero attached hydrogens (tertiary/aromatic N) is 1. The Kier molecular flexibility index (Phi) is 8.22. The molecule has 42 heavy (non-hydrogen) atoms. The first-order valence-electron chi connectivity index (χ1n) is 12.7. The van der Waals surface area contributed by atoms with Crippen molar-refractivity contribution in [3.8, 4) is 0 Å².